The maximum Gasteiger partial charge on any atom is 0.325 e. The van der Waals surface area contributed by atoms with Gasteiger partial charge in [0.2, 0.25) is 0 Å². The van der Waals surface area contributed by atoms with E-state index in [4.69, 9.17) is 9.84 Å². The number of hydrogen-bond donors (Lipinski definition) is 3. The first-order valence-corrected chi connectivity index (χ1v) is 4.86. The number of carboxylic acids is 1. The van der Waals surface area contributed by atoms with Gasteiger partial charge in [-0.05, 0) is 25.1 Å². The van der Waals surface area contributed by atoms with Crippen molar-refractivity contribution in [2.24, 2.45) is 0 Å². The highest BCUT2D eigenvalue weighted by molar-refractivity contribution is 5.97. The second kappa shape index (κ2) is 5.20. The number of carboxylic acid groups (broad SMARTS) is 1. The van der Waals surface area contributed by atoms with Gasteiger partial charge < -0.3 is 20.3 Å². The number of ether oxygens (including phenoxy) is 1. The minimum Gasteiger partial charge on any atom is -0.504 e. The van der Waals surface area contributed by atoms with Crippen LogP contribution < -0.4 is 10.1 Å². The summed E-state index contributed by atoms with van der Waals surface area (Å²) < 4.78 is 4.84. The summed E-state index contributed by atoms with van der Waals surface area (Å²) in [5.74, 6) is -1.60. The largest absolute Gasteiger partial charge is 0.504 e. The predicted molar refractivity (Wildman–Crippen MR) is 59.2 cm³/mol. The summed E-state index contributed by atoms with van der Waals surface area (Å²) in [6, 6.07) is 3.03. The fourth-order valence-corrected chi connectivity index (χ4v) is 1.16. The quantitative estimate of drug-likeness (QED) is 0.715. The van der Waals surface area contributed by atoms with Gasteiger partial charge in [0.25, 0.3) is 5.91 Å². The molecule has 0 aliphatic carbocycles. The van der Waals surface area contributed by atoms with E-state index in [1.54, 1.807) is 0 Å². The minimum absolute atomic E-state index is 0.0877. The van der Waals surface area contributed by atoms with Gasteiger partial charge in [-0.2, -0.15) is 0 Å². The van der Waals surface area contributed by atoms with Crippen LogP contribution >= 0.6 is 0 Å². The van der Waals surface area contributed by atoms with E-state index in [9.17, 15) is 14.7 Å². The van der Waals surface area contributed by atoms with E-state index >= 15 is 0 Å². The normalized spacial score (nSPS) is 11.6. The topological polar surface area (TPSA) is 95.9 Å². The molecule has 17 heavy (non-hydrogen) atoms. The van der Waals surface area contributed by atoms with Crippen LogP contribution in [0.15, 0.2) is 18.2 Å². The van der Waals surface area contributed by atoms with Crippen LogP contribution in [0, 0.1) is 0 Å². The minimum atomic E-state index is -1.12. The van der Waals surface area contributed by atoms with E-state index in [-0.39, 0.29) is 17.1 Å². The third-order valence-electron chi connectivity index (χ3n) is 2.16. The molecule has 0 radical (unpaired) electrons. The van der Waals surface area contributed by atoms with Gasteiger partial charge in [-0.25, -0.2) is 0 Å². The van der Waals surface area contributed by atoms with E-state index < -0.39 is 17.9 Å². The molecule has 1 atom stereocenters. The number of phenols is 1. The Morgan fingerprint density at radius 2 is 2.06 bits per heavy atom. The smallest absolute Gasteiger partial charge is 0.325 e. The molecule has 0 heterocycles. The van der Waals surface area contributed by atoms with Crippen molar-refractivity contribution in [1.82, 2.24) is 5.32 Å². The van der Waals surface area contributed by atoms with E-state index in [2.05, 4.69) is 5.32 Å². The van der Waals surface area contributed by atoms with Gasteiger partial charge in [0, 0.05) is 5.56 Å². The highest BCUT2D eigenvalue weighted by atomic mass is 16.5. The van der Waals surface area contributed by atoms with Crippen LogP contribution in [0.3, 0.4) is 0 Å². The number of rotatable bonds is 4. The van der Waals surface area contributed by atoms with Crippen LogP contribution in [0.5, 0.6) is 11.5 Å². The van der Waals surface area contributed by atoms with Crippen molar-refractivity contribution >= 4 is 11.9 Å². The van der Waals surface area contributed by atoms with Crippen LogP contribution in [0.25, 0.3) is 0 Å². The molecule has 0 aromatic heterocycles. The van der Waals surface area contributed by atoms with E-state index in [1.807, 2.05) is 0 Å². The molecule has 92 valence electrons. The van der Waals surface area contributed by atoms with Crippen LogP contribution in [-0.4, -0.2) is 35.2 Å². The van der Waals surface area contributed by atoms with Gasteiger partial charge in [0.05, 0.1) is 7.11 Å². The van der Waals surface area contributed by atoms with E-state index in [0.717, 1.165) is 0 Å². The third kappa shape index (κ3) is 3.10. The lowest BCUT2D eigenvalue weighted by molar-refractivity contribution is -0.138. The Morgan fingerprint density at radius 1 is 1.41 bits per heavy atom. The average Bonchev–Trinajstić information content (AvgIpc) is 2.29. The molecule has 1 unspecified atom stereocenters. The zero-order valence-electron chi connectivity index (χ0n) is 9.43. The third-order valence-corrected chi connectivity index (χ3v) is 2.16. The molecule has 0 fully saturated rings. The van der Waals surface area contributed by atoms with Gasteiger partial charge in [-0.15, -0.1) is 0 Å². The van der Waals surface area contributed by atoms with E-state index in [1.165, 1.54) is 32.2 Å². The van der Waals surface area contributed by atoms with Crippen molar-refractivity contribution in [3.63, 3.8) is 0 Å². The summed E-state index contributed by atoms with van der Waals surface area (Å²) in [6.07, 6.45) is 0. The lowest BCUT2D eigenvalue weighted by Gasteiger charge is -2.10. The van der Waals surface area contributed by atoms with Crippen LogP contribution in [-0.2, 0) is 4.79 Å². The van der Waals surface area contributed by atoms with Crippen molar-refractivity contribution in [3.8, 4) is 11.5 Å². The number of methoxy groups -OCH3 is 1. The summed E-state index contributed by atoms with van der Waals surface area (Å²) >= 11 is 0. The molecule has 0 saturated carbocycles. The van der Waals surface area contributed by atoms with Gasteiger partial charge in [-0.3, -0.25) is 9.59 Å². The number of aliphatic carboxylic acids is 1. The highest BCUT2D eigenvalue weighted by Gasteiger charge is 2.16. The first-order chi connectivity index (χ1) is 7.95. The lowest BCUT2D eigenvalue weighted by Crippen LogP contribution is -2.38. The number of hydrogen-bond acceptors (Lipinski definition) is 4. The maximum atomic E-state index is 11.6. The summed E-state index contributed by atoms with van der Waals surface area (Å²) in [5.41, 5.74) is 0.216. The number of carbonyl (C=O) groups excluding carboxylic acids is 1. The van der Waals surface area contributed by atoms with Crippen molar-refractivity contribution < 1.29 is 24.5 Å². The molecule has 1 rings (SSSR count). The number of amides is 1. The zero-order valence-corrected chi connectivity index (χ0v) is 9.43. The molecule has 1 aromatic rings. The average molecular weight is 239 g/mol. The number of nitrogens with one attached hydrogen (secondary N) is 1. The first kappa shape index (κ1) is 12.8. The fourth-order valence-electron chi connectivity index (χ4n) is 1.16. The zero-order chi connectivity index (χ0) is 13.0. The Hall–Kier alpha value is -2.24. The summed E-state index contributed by atoms with van der Waals surface area (Å²) in [6.45, 7) is 1.36. The monoisotopic (exact) mass is 239 g/mol. The van der Waals surface area contributed by atoms with Crippen molar-refractivity contribution in [3.05, 3.63) is 23.8 Å². The summed E-state index contributed by atoms with van der Waals surface area (Å²) in [7, 11) is 1.36. The van der Waals surface area contributed by atoms with Gasteiger partial charge in [0.15, 0.2) is 11.5 Å². The summed E-state index contributed by atoms with van der Waals surface area (Å²) in [4.78, 5) is 22.2. The standard InChI is InChI=1S/C11H13NO5/c1-6(11(15)16)12-10(14)7-3-4-8(13)9(5-7)17-2/h3-6,13H,1-2H3,(H,12,14)(H,15,16). The molecule has 0 aliphatic heterocycles. The van der Waals surface area contributed by atoms with Crippen molar-refractivity contribution in [1.29, 1.82) is 0 Å². The predicted octanol–water partition coefficient (Wildman–Crippen LogP) is 0.604. The lowest BCUT2D eigenvalue weighted by atomic mass is 10.1. The van der Waals surface area contributed by atoms with Crippen molar-refractivity contribution in [2.75, 3.05) is 7.11 Å². The molecule has 3 N–H and O–H groups in total. The molecule has 0 saturated heterocycles. The molecule has 1 aromatic carbocycles. The summed E-state index contributed by atoms with van der Waals surface area (Å²) in [5, 5.41) is 20.3. The van der Waals surface area contributed by atoms with Gasteiger partial charge in [0.1, 0.15) is 6.04 Å². The Balaban J connectivity index is 2.86. The van der Waals surface area contributed by atoms with E-state index in [0.29, 0.717) is 0 Å². The second-order valence-corrected chi connectivity index (χ2v) is 3.42. The number of benzene rings is 1. The Bertz CT molecular complexity index is 443. The molecule has 0 aliphatic rings. The Kier molecular flexibility index (Phi) is 3.92. The molecular weight excluding hydrogens is 226 g/mol. The molecule has 6 heteroatoms. The van der Waals surface area contributed by atoms with Gasteiger partial charge in [-0.1, -0.05) is 0 Å². The SMILES string of the molecule is COc1cc(C(=O)NC(C)C(=O)O)ccc1O. The highest BCUT2D eigenvalue weighted by Crippen LogP contribution is 2.26. The van der Waals surface area contributed by atoms with Crippen molar-refractivity contribution in [2.45, 2.75) is 13.0 Å². The Labute approximate surface area is 97.8 Å². The fraction of sp³-hybridized carbons (Fsp3) is 0.273. The second-order valence-electron chi connectivity index (χ2n) is 3.42. The Morgan fingerprint density at radius 3 is 2.59 bits per heavy atom. The molecular formula is C11H13NO5. The van der Waals surface area contributed by atoms with Crippen LogP contribution in [0.2, 0.25) is 0 Å². The molecule has 0 spiro atoms. The van der Waals surface area contributed by atoms with Gasteiger partial charge >= 0.3 is 5.97 Å². The molecule has 6 nitrogen and oxygen atoms in total. The van der Waals surface area contributed by atoms with Crippen LogP contribution in [0.1, 0.15) is 17.3 Å². The maximum absolute atomic E-state index is 11.6. The number of aromatic hydroxyl groups is 1. The number of phenolic OH excluding ortho intramolecular Hbond substituents is 1. The molecule has 0 bridgehead atoms. The van der Waals surface area contributed by atoms with Crippen LogP contribution in [0.4, 0.5) is 0 Å². The first-order valence-electron chi connectivity index (χ1n) is 4.86. The number of carbonyl (C=O) groups is 2. The molecule has 1 amide bonds.